The average molecular weight is 423 g/mol. The SMILES string of the molecule is COc1cc(Cl)cc(CC(=O)C2C(=O)N(c3ccc(OC(F)F)cc3)N=C2C)c1. The van der Waals surface area contributed by atoms with Gasteiger partial charge in [0.2, 0.25) is 0 Å². The van der Waals surface area contributed by atoms with Gasteiger partial charge in [0.25, 0.3) is 5.91 Å². The Morgan fingerprint density at radius 1 is 1.21 bits per heavy atom. The monoisotopic (exact) mass is 422 g/mol. The molecule has 1 unspecified atom stereocenters. The first-order valence-electron chi connectivity index (χ1n) is 8.58. The van der Waals surface area contributed by atoms with Crippen LogP contribution in [-0.2, 0) is 16.0 Å². The molecular weight excluding hydrogens is 406 g/mol. The number of hydrogen-bond donors (Lipinski definition) is 0. The predicted molar refractivity (Wildman–Crippen MR) is 104 cm³/mol. The molecule has 0 saturated carbocycles. The number of methoxy groups -OCH3 is 1. The van der Waals surface area contributed by atoms with Crippen LogP contribution in [0.15, 0.2) is 47.6 Å². The van der Waals surface area contributed by atoms with Crippen LogP contribution in [0.25, 0.3) is 0 Å². The number of nitrogens with zero attached hydrogens (tertiary/aromatic N) is 2. The van der Waals surface area contributed by atoms with Gasteiger partial charge in [0.1, 0.15) is 17.4 Å². The predicted octanol–water partition coefficient (Wildman–Crippen LogP) is 4.10. The van der Waals surface area contributed by atoms with Crippen LogP contribution in [-0.4, -0.2) is 31.1 Å². The van der Waals surface area contributed by atoms with E-state index in [1.807, 2.05) is 0 Å². The van der Waals surface area contributed by atoms with Gasteiger partial charge in [-0.15, -0.1) is 0 Å². The van der Waals surface area contributed by atoms with E-state index in [9.17, 15) is 18.4 Å². The number of rotatable bonds is 7. The fourth-order valence-corrected chi connectivity index (χ4v) is 3.28. The third kappa shape index (κ3) is 4.71. The van der Waals surface area contributed by atoms with Gasteiger partial charge in [-0.05, 0) is 55.0 Å². The van der Waals surface area contributed by atoms with Crippen LogP contribution in [0, 0.1) is 5.92 Å². The Balaban J connectivity index is 1.75. The zero-order chi connectivity index (χ0) is 21.1. The van der Waals surface area contributed by atoms with Gasteiger partial charge < -0.3 is 9.47 Å². The molecule has 1 amide bonds. The number of ether oxygens (including phenoxy) is 2. The highest BCUT2D eigenvalue weighted by molar-refractivity contribution is 6.31. The van der Waals surface area contributed by atoms with E-state index in [2.05, 4.69) is 9.84 Å². The molecule has 3 rings (SSSR count). The molecule has 29 heavy (non-hydrogen) atoms. The highest BCUT2D eigenvalue weighted by atomic mass is 35.5. The lowest BCUT2D eigenvalue weighted by Gasteiger charge is -2.15. The topological polar surface area (TPSA) is 68.2 Å². The van der Waals surface area contributed by atoms with Crippen molar-refractivity contribution in [3.8, 4) is 11.5 Å². The normalized spacial score (nSPS) is 16.2. The lowest BCUT2D eigenvalue weighted by Crippen LogP contribution is -2.33. The second kappa shape index (κ2) is 8.57. The van der Waals surface area contributed by atoms with Crippen molar-refractivity contribution in [1.82, 2.24) is 0 Å². The molecule has 0 saturated heterocycles. The highest BCUT2D eigenvalue weighted by Crippen LogP contribution is 2.28. The van der Waals surface area contributed by atoms with Crippen molar-refractivity contribution in [3.05, 3.63) is 53.1 Å². The smallest absolute Gasteiger partial charge is 0.387 e. The van der Waals surface area contributed by atoms with Crippen molar-refractivity contribution in [2.75, 3.05) is 12.1 Å². The minimum atomic E-state index is -2.94. The lowest BCUT2D eigenvalue weighted by atomic mass is 9.94. The summed E-state index contributed by atoms with van der Waals surface area (Å²) in [6.45, 7) is -1.35. The standard InChI is InChI=1S/C20H17ClF2N2O4/c1-11-18(17(26)9-12-7-13(21)10-16(8-12)28-2)19(27)25(24-11)14-3-5-15(6-4-14)29-20(22)23/h3-8,10,18,20H,9H2,1-2H3. The van der Waals surface area contributed by atoms with Gasteiger partial charge in [-0.2, -0.15) is 18.9 Å². The summed E-state index contributed by atoms with van der Waals surface area (Å²) in [6.07, 6.45) is -0.0187. The Bertz CT molecular complexity index is 963. The number of hydrazone groups is 1. The van der Waals surface area contributed by atoms with Crippen molar-refractivity contribution in [3.63, 3.8) is 0 Å². The van der Waals surface area contributed by atoms with Crippen molar-refractivity contribution in [2.24, 2.45) is 11.0 Å². The van der Waals surface area contributed by atoms with E-state index >= 15 is 0 Å². The third-order valence-electron chi connectivity index (χ3n) is 4.30. The third-order valence-corrected chi connectivity index (χ3v) is 4.52. The summed E-state index contributed by atoms with van der Waals surface area (Å²) in [4.78, 5) is 25.6. The second-order valence-electron chi connectivity index (χ2n) is 6.34. The van der Waals surface area contributed by atoms with E-state index < -0.39 is 18.4 Å². The lowest BCUT2D eigenvalue weighted by molar-refractivity contribution is -0.128. The first-order valence-corrected chi connectivity index (χ1v) is 8.96. The summed E-state index contributed by atoms with van der Waals surface area (Å²) < 4.78 is 34.0. The summed E-state index contributed by atoms with van der Waals surface area (Å²) in [5.41, 5.74) is 1.31. The van der Waals surface area contributed by atoms with E-state index in [0.29, 0.717) is 27.7 Å². The number of carbonyl (C=O) groups excluding carboxylic acids is 2. The zero-order valence-corrected chi connectivity index (χ0v) is 16.3. The quantitative estimate of drug-likeness (QED) is 0.630. The van der Waals surface area contributed by atoms with Crippen LogP contribution in [0.5, 0.6) is 11.5 Å². The van der Waals surface area contributed by atoms with Crippen molar-refractivity contribution in [2.45, 2.75) is 20.0 Å². The van der Waals surface area contributed by atoms with E-state index in [-0.39, 0.29) is 18.0 Å². The maximum absolute atomic E-state index is 12.8. The first-order chi connectivity index (χ1) is 13.8. The number of anilines is 1. The first kappa shape index (κ1) is 20.7. The van der Waals surface area contributed by atoms with Crippen LogP contribution in [0.1, 0.15) is 12.5 Å². The molecule has 0 aromatic heterocycles. The van der Waals surface area contributed by atoms with Gasteiger partial charge >= 0.3 is 6.61 Å². The molecule has 0 aliphatic carbocycles. The summed E-state index contributed by atoms with van der Waals surface area (Å²) >= 11 is 6.03. The summed E-state index contributed by atoms with van der Waals surface area (Å²) in [6, 6.07) is 10.4. The molecule has 1 aliphatic heterocycles. The Kier molecular flexibility index (Phi) is 6.12. The Morgan fingerprint density at radius 2 is 1.90 bits per heavy atom. The van der Waals surface area contributed by atoms with Crippen LogP contribution >= 0.6 is 11.6 Å². The maximum atomic E-state index is 12.8. The molecule has 2 aromatic rings. The highest BCUT2D eigenvalue weighted by Gasteiger charge is 2.39. The number of benzene rings is 2. The van der Waals surface area contributed by atoms with Gasteiger partial charge in [0.15, 0.2) is 5.78 Å². The van der Waals surface area contributed by atoms with Crippen LogP contribution in [0.2, 0.25) is 5.02 Å². The zero-order valence-electron chi connectivity index (χ0n) is 15.6. The molecule has 1 heterocycles. The minimum absolute atomic E-state index is 0.0187. The van der Waals surface area contributed by atoms with E-state index in [4.69, 9.17) is 16.3 Å². The number of amides is 1. The molecule has 1 atom stereocenters. The molecule has 0 spiro atoms. The number of ketones is 1. The summed E-state index contributed by atoms with van der Waals surface area (Å²) in [5.74, 6) is -1.41. The van der Waals surface area contributed by atoms with Crippen LogP contribution in [0.4, 0.5) is 14.5 Å². The van der Waals surface area contributed by atoms with E-state index in [0.717, 1.165) is 5.01 Å². The largest absolute Gasteiger partial charge is 0.497 e. The Hall–Kier alpha value is -3.00. The molecule has 0 fully saturated rings. The van der Waals surface area contributed by atoms with Crippen molar-refractivity contribution >= 4 is 34.7 Å². The average Bonchev–Trinajstić information content (AvgIpc) is 2.95. The number of alkyl halides is 2. The van der Waals surface area contributed by atoms with Crippen molar-refractivity contribution < 1.29 is 27.8 Å². The van der Waals surface area contributed by atoms with Crippen LogP contribution < -0.4 is 14.5 Å². The number of hydrogen-bond acceptors (Lipinski definition) is 5. The molecule has 0 N–H and O–H groups in total. The molecule has 152 valence electrons. The Labute approximate surface area is 170 Å². The van der Waals surface area contributed by atoms with Gasteiger partial charge in [0.05, 0.1) is 18.5 Å². The number of halogens is 3. The number of Topliss-reactive ketones (excluding diaryl/α,β-unsaturated/α-hetero) is 1. The summed E-state index contributed by atoms with van der Waals surface area (Å²) in [7, 11) is 1.49. The van der Waals surface area contributed by atoms with Gasteiger partial charge in [0, 0.05) is 11.4 Å². The van der Waals surface area contributed by atoms with E-state index in [1.165, 1.54) is 31.4 Å². The molecule has 0 bridgehead atoms. The Morgan fingerprint density at radius 3 is 2.52 bits per heavy atom. The summed E-state index contributed by atoms with van der Waals surface area (Å²) in [5, 5.41) is 5.67. The van der Waals surface area contributed by atoms with Crippen LogP contribution in [0.3, 0.4) is 0 Å². The molecule has 1 aliphatic rings. The van der Waals surface area contributed by atoms with Gasteiger partial charge in [-0.1, -0.05) is 11.6 Å². The molecule has 9 heteroatoms. The van der Waals surface area contributed by atoms with E-state index in [1.54, 1.807) is 25.1 Å². The molecule has 0 radical (unpaired) electrons. The molecule has 2 aromatic carbocycles. The molecule has 6 nitrogen and oxygen atoms in total. The second-order valence-corrected chi connectivity index (χ2v) is 6.78. The fraction of sp³-hybridized carbons (Fsp3) is 0.250. The van der Waals surface area contributed by atoms with Gasteiger partial charge in [-0.3, -0.25) is 9.59 Å². The maximum Gasteiger partial charge on any atom is 0.387 e. The van der Waals surface area contributed by atoms with Crippen molar-refractivity contribution in [1.29, 1.82) is 0 Å². The fourth-order valence-electron chi connectivity index (χ4n) is 3.03. The molecular formula is C20H17ClF2N2O4. The minimum Gasteiger partial charge on any atom is -0.497 e. The number of carbonyl (C=O) groups is 2. The van der Waals surface area contributed by atoms with Gasteiger partial charge in [-0.25, -0.2) is 0 Å².